The highest BCUT2D eigenvalue weighted by atomic mass is 35.5. The number of halogens is 1. The third-order valence-corrected chi connectivity index (χ3v) is 7.98. The van der Waals surface area contributed by atoms with Gasteiger partial charge in [-0.15, -0.1) is 11.3 Å². The summed E-state index contributed by atoms with van der Waals surface area (Å²) in [5, 5.41) is 3.67. The molecule has 1 saturated carbocycles. The van der Waals surface area contributed by atoms with E-state index in [1.165, 1.54) is 47.7 Å². The molecule has 1 saturated heterocycles. The van der Waals surface area contributed by atoms with Crippen molar-refractivity contribution < 1.29 is 28.7 Å². The number of hydrogen-bond donors (Lipinski definition) is 0. The molecule has 0 radical (unpaired) electrons. The number of benzene rings is 2. The molecule has 3 amide bonds. The van der Waals surface area contributed by atoms with Crippen molar-refractivity contribution in [2.24, 2.45) is 11.8 Å². The molecule has 0 spiro atoms. The standard InChI is InChI=1S/C28H23ClN2O6S/c29-22-9-4-3-8-21(22)25(33)30(31-26(34)19-6-1-2-7-20(19)27(31)35)16-23(32)17-11-13-18(14-12-17)37-28(36)24-10-5-15-38-24/h3-5,8-15,19-20H,1-2,6-7,16H2/t19-,20-/m1/s1. The number of fused-ring (bicyclic) bond motifs is 1. The lowest BCUT2D eigenvalue weighted by Gasteiger charge is -2.30. The number of hydrazine groups is 1. The second-order valence-electron chi connectivity index (χ2n) is 9.14. The van der Waals surface area contributed by atoms with Crippen LogP contribution in [0.15, 0.2) is 66.0 Å². The van der Waals surface area contributed by atoms with Crippen molar-refractivity contribution in [3.05, 3.63) is 87.1 Å². The summed E-state index contributed by atoms with van der Waals surface area (Å²) in [5.41, 5.74) is 0.294. The number of amides is 3. The predicted octanol–water partition coefficient (Wildman–Crippen LogP) is 5.04. The lowest BCUT2D eigenvalue weighted by molar-refractivity contribution is -0.154. The molecule has 8 nitrogen and oxygen atoms in total. The first-order valence-corrected chi connectivity index (χ1v) is 13.4. The van der Waals surface area contributed by atoms with Crippen LogP contribution in [0.1, 0.15) is 56.1 Å². The quantitative estimate of drug-likeness (QED) is 0.177. The van der Waals surface area contributed by atoms with Crippen molar-refractivity contribution >= 4 is 52.4 Å². The normalized spacial score (nSPS) is 18.7. The molecule has 0 unspecified atom stereocenters. The summed E-state index contributed by atoms with van der Waals surface area (Å²) in [6.07, 6.45) is 2.79. The molecule has 1 aliphatic heterocycles. The van der Waals surface area contributed by atoms with Gasteiger partial charge in [0.15, 0.2) is 5.78 Å². The Morgan fingerprint density at radius 3 is 2.18 bits per heavy atom. The van der Waals surface area contributed by atoms with E-state index in [4.69, 9.17) is 16.3 Å². The minimum absolute atomic E-state index is 0.0771. The first kappa shape index (κ1) is 25.8. The van der Waals surface area contributed by atoms with Gasteiger partial charge in [0, 0.05) is 5.56 Å². The highest BCUT2D eigenvalue weighted by Crippen LogP contribution is 2.39. The summed E-state index contributed by atoms with van der Waals surface area (Å²) >= 11 is 7.50. The zero-order valence-corrected chi connectivity index (χ0v) is 21.7. The summed E-state index contributed by atoms with van der Waals surface area (Å²) in [6, 6.07) is 15.5. The van der Waals surface area contributed by atoms with Gasteiger partial charge >= 0.3 is 5.97 Å². The molecule has 194 valence electrons. The Morgan fingerprint density at radius 2 is 1.58 bits per heavy atom. The molecule has 2 heterocycles. The number of esters is 1. The maximum absolute atomic E-state index is 13.6. The van der Waals surface area contributed by atoms with E-state index in [0.29, 0.717) is 17.7 Å². The van der Waals surface area contributed by atoms with Crippen molar-refractivity contribution in [3.63, 3.8) is 0 Å². The van der Waals surface area contributed by atoms with Crippen molar-refractivity contribution in [2.45, 2.75) is 25.7 Å². The van der Waals surface area contributed by atoms with Gasteiger partial charge in [-0.1, -0.05) is 42.6 Å². The minimum Gasteiger partial charge on any atom is -0.422 e. The van der Waals surface area contributed by atoms with Gasteiger partial charge in [0.25, 0.3) is 17.7 Å². The number of nitrogens with zero attached hydrogens (tertiary/aromatic N) is 2. The van der Waals surface area contributed by atoms with E-state index in [0.717, 1.165) is 22.9 Å². The Kier molecular flexibility index (Phi) is 7.40. The van der Waals surface area contributed by atoms with Crippen LogP contribution in [0.25, 0.3) is 0 Å². The van der Waals surface area contributed by atoms with Gasteiger partial charge in [0.1, 0.15) is 17.2 Å². The molecular formula is C28H23ClN2O6S. The average molecular weight is 551 g/mol. The van der Waals surface area contributed by atoms with Gasteiger partial charge in [0.05, 0.1) is 22.4 Å². The van der Waals surface area contributed by atoms with Gasteiger partial charge in [-0.3, -0.25) is 19.2 Å². The van der Waals surface area contributed by atoms with Crippen LogP contribution >= 0.6 is 22.9 Å². The van der Waals surface area contributed by atoms with Gasteiger partial charge in [-0.25, -0.2) is 9.80 Å². The molecule has 1 aromatic heterocycles. The first-order chi connectivity index (χ1) is 18.3. The number of hydrogen-bond acceptors (Lipinski definition) is 7. The summed E-state index contributed by atoms with van der Waals surface area (Å²) in [7, 11) is 0. The van der Waals surface area contributed by atoms with Gasteiger partial charge in [-0.2, -0.15) is 5.01 Å². The van der Waals surface area contributed by atoms with Crippen LogP contribution in [0, 0.1) is 11.8 Å². The molecule has 0 N–H and O–H groups in total. The molecular weight excluding hydrogens is 528 g/mol. The molecule has 2 aliphatic rings. The van der Waals surface area contributed by atoms with E-state index < -0.39 is 47.9 Å². The van der Waals surface area contributed by atoms with Crippen LogP contribution in [0.3, 0.4) is 0 Å². The molecule has 3 aromatic rings. The SMILES string of the molecule is O=C(CN(C(=O)c1ccccc1Cl)N1C(=O)[C@@H]2CCCC[C@H]2C1=O)c1ccc(OC(=O)c2cccs2)cc1. The van der Waals surface area contributed by atoms with E-state index in [1.54, 1.807) is 29.6 Å². The van der Waals surface area contributed by atoms with E-state index in [2.05, 4.69) is 0 Å². The van der Waals surface area contributed by atoms with Crippen LogP contribution in [0.5, 0.6) is 5.75 Å². The summed E-state index contributed by atoms with van der Waals surface area (Å²) in [4.78, 5) is 66.1. The van der Waals surface area contributed by atoms with E-state index in [-0.39, 0.29) is 21.9 Å². The molecule has 5 rings (SSSR count). The first-order valence-electron chi connectivity index (χ1n) is 12.2. The Morgan fingerprint density at radius 1 is 0.921 bits per heavy atom. The van der Waals surface area contributed by atoms with Crippen LogP contribution in [-0.4, -0.2) is 46.0 Å². The highest BCUT2D eigenvalue weighted by Gasteiger charge is 2.52. The lowest BCUT2D eigenvalue weighted by atomic mass is 9.81. The number of Topliss-reactive ketones (excluding diaryl/α,β-unsaturated/α-hetero) is 1. The molecule has 1 aliphatic carbocycles. The maximum atomic E-state index is 13.6. The molecule has 0 bridgehead atoms. The highest BCUT2D eigenvalue weighted by molar-refractivity contribution is 7.12. The zero-order valence-electron chi connectivity index (χ0n) is 20.2. The van der Waals surface area contributed by atoms with E-state index in [1.807, 2.05) is 0 Å². The Hall–Kier alpha value is -3.82. The average Bonchev–Trinajstić information content (AvgIpc) is 3.55. The van der Waals surface area contributed by atoms with Crippen molar-refractivity contribution in [1.82, 2.24) is 10.0 Å². The van der Waals surface area contributed by atoms with Gasteiger partial charge in [-0.05, 0) is 60.7 Å². The number of rotatable bonds is 7. The topological polar surface area (TPSA) is 101 Å². The Bertz CT molecular complexity index is 1380. The Labute approximate surface area is 227 Å². The second-order valence-corrected chi connectivity index (χ2v) is 10.5. The van der Waals surface area contributed by atoms with Crippen molar-refractivity contribution in [1.29, 1.82) is 0 Å². The number of imide groups is 1. The number of carbonyl (C=O) groups is 5. The summed E-state index contributed by atoms with van der Waals surface area (Å²) in [6.45, 7) is -0.546. The minimum atomic E-state index is -0.717. The van der Waals surface area contributed by atoms with E-state index >= 15 is 0 Å². The number of carbonyl (C=O) groups excluding carboxylic acids is 5. The lowest BCUT2D eigenvalue weighted by Crippen LogP contribution is -2.52. The van der Waals surface area contributed by atoms with Crippen LogP contribution < -0.4 is 4.74 Å². The molecule has 2 atom stereocenters. The summed E-state index contributed by atoms with van der Waals surface area (Å²) in [5.74, 6) is -3.41. The number of thiophene rings is 1. The smallest absolute Gasteiger partial charge is 0.353 e. The van der Waals surface area contributed by atoms with Crippen LogP contribution in [0.2, 0.25) is 5.02 Å². The number of ether oxygens (including phenoxy) is 1. The fourth-order valence-corrected chi connectivity index (χ4v) is 5.69. The fourth-order valence-electron chi connectivity index (χ4n) is 4.88. The van der Waals surface area contributed by atoms with Crippen LogP contribution in [0.4, 0.5) is 0 Å². The van der Waals surface area contributed by atoms with Crippen LogP contribution in [-0.2, 0) is 9.59 Å². The number of ketones is 1. The maximum Gasteiger partial charge on any atom is 0.353 e. The van der Waals surface area contributed by atoms with Gasteiger partial charge in [0.2, 0.25) is 0 Å². The Balaban J connectivity index is 1.39. The van der Waals surface area contributed by atoms with Crippen molar-refractivity contribution in [3.8, 4) is 5.75 Å². The molecule has 2 fully saturated rings. The third kappa shape index (κ3) is 4.99. The molecule has 10 heteroatoms. The molecule has 2 aromatic carbocycles. The van der Waals surface area contributed by atoms with Gasteiger partial charge < -0.3 is 4.74 Å². The fraction of sp³-hybridized carbons (Fsp3) is 0.250. The molecule has 38 heavy (non-hydrogen) atoms. The third-order valence-electron chi connectivity index (χ3n) is 6.80. The predicted molar refractivity (Wildman–Crippen MR) is 140 cm³/mol. The zero-order chi connectivity index (χ0) is 26.8. The largest absolute Gasteiger partial charge is 0.422 e. The van der Waals surface area contributed by atoms with E-state index in [9.17, 15) is 24.0 Å². The van der Waals surface area contributed by atoms with Crippen molar-refractivity contribution in [2.75, 3.05) is 6.54 Å². The summed E-state index contributed by atoms with van der Waals surface area (Å²) < 4.78 is 5.33. The monoisotopic (exact) mass is 550 g/mol. The second kappa shape index (κ2) is 10.9.